The van der Waals surface area contributed by atoms with Crippen molar-refractivity contribution in [2.75, 3.05) is 0 Å². The first kappa shape index (κ1) is 8.80. The van der Waals surface area contributed by atoms with Gasteiger partial charge in [-0.05, 0) is 19.1 Å². The van der Waals surface area contributed by atoms with Crippen LogP contribution in [-0.2, 0) is 0 Å². The monoisotopic (exact) mass is 162 g/mol. The van der Waals surface area contributed by atoms with Gasteiger partial charge < -0.3 is 0 Å². The maximum Gasteiger partial charge on any atom is 0.0406 e. The van der Waals surface area contributed by atoms with E-state index in [9.17, 15) is 0 Å². The molecule has 0 aromatic heterocycles. The molecule has 50 valence electrons. The van der Waals surface area contributed by atoms with Crippen molar-refractivity contribution in [1.82, 2.24) is 0 Å². The lowest BCUT2D eigenvalue weighted by atomic mass is 10.2. The Labute approximate surface area is 66.3 Å². The molecule has 0 radical (unpaired) electrons. The maximum atomic E-state index is 5.61. The molecule has 0 saturated heterocycles. The van der Waals surface area contributed by atoms with Crippen LogP contribution in [0.5, 0.6) is 0 Å². The van der Waals surface area contributed by atoms with Gasteiger partial charge >= 0.3 is 0 Å². The predicted molar refractivity (Wildman–Crippen MR) is 43.4 cm³/mol. The van der Waals surface area contributed by atoms with Crippen molar-refractivity contribution in [3.8, 4) is 0 Å². The standard InChI is InChI=1S/C7H7Cl.ClH/c1-6-2-4-7(8)5-3-6;/h2-5H,1H3;1H. The Kier molecular flexibility index (Phi) is 3.67. The van der Waals surface area contributed by atoms with E-state index < -0.39 is 0 Å². The van der Waals surface area contributed by atoms with E-state index in [-0.39, 0.29) is 12.4 Å². The first-order chi connectivity index (χ1) is 3.79. The molecular formula is C7H8Cl2. The molecule has 0 aliphatic heterocycles. The highest BCUT2D eigenvalue weighted by molar-refractivity contribution is 6.30. The van der Waals surface area contributed by atoms with Crippen molar-refractivity contribution < 1.29 is 0 Å². The smallest absolute Gasteiger partial charge is 0.0406 e. The van der Waals surface area contributed by atoms with Gasteiger partial charge in [0.25, 0.3) is 0 Å². The van der Waals surface area contributed by atoms with Gasteiger partial charge in [0, 0.05) is 5.02 Å². The van der Waals surface area contributed by atoms with Gasteiger partial charge in [-0.25, -0.2) is 0 Å². The zero-order valence-corrected chi connectivity index (χ0v) is 6.67. The fourth-order valence-corrected chi connectivity index (χ4v) is 0.659. The zero-order chi connectivity index (χ0) is 5.98. The van der Waals surface area contributed by atoms with Gasteiger partial charge in [-0.1, -0.05) is 29.3 Å². The van der Waals surface area contributed by atoms with Crippen molar-refractivity contribution in [1.29, 1.82) is 0 Å². The average Bonchev–Trinajstić information content (AvgIpc) is 1.77. The fourth-order valence-electron chi connectivity index (χ4n) is 0.533. The SMILES string of the molecule is Cc1ccc(Cl)cc1.Cl. The maximum absolute atomic E-state index is 5.61. The van der Waals surface area contributed by atoms with E-state index >= 15 is 0 Å². The number of benzene rings is 1. The molecule has 2 heteroatoms. The van der Waals surface area contributed by atoms with Crippen molar-refractivity contribution >= 4 is 24.0 Å². The summed E-state index contributed by atoms with van der Waals surface area (Å²) in [5.41, 5.74) is 1.24. The number of halogens is 2. The quantitative estimate of drug-likeness (QED) is 0.551. The predicted octanol–water partition coefficient (Wildman–Crippen LogP) is 3.07. The number of hydrogen-bond donors (Lipinski definition) is 0. The van der Waals surface area contributed by atoms with Crippen molar-refractivity contribution in [3.63, 3.8) is 0 Å². The van der Waals surface area contributed by atoms with E-state index in [4.69, 9.17) is 11.6 Å². The highest BCUT2D eigenvalue weighted by Crippen LogP contribution is 2.07. The minimum absolute atomic E-state index is 0. The summed E-state index contributed by atoms with van der Waals surface area (Å²) < 4.78 is 0. The molecule has 0 spiro atoms. The van der Waals surface area contributed by atoms with Crippen LogP contribution >= 0.6 is 24.0 Å². The Hall–Kier alpha value is -0.200. The van der Waals surface area contributed by atoms with Crippen LogP contribution in [0.15, 0.2) is 24.3 Å². The van der Waals surface area contributed by atoms with Crippen LogP contribution in [0, 0.1) is 6.92 Å². The molecule has 1 rings (SSSR count). The van der Waals surface area contributed by atoms with Gasteiger partial charge in [-0.3, -0.25) is 0 Å². The van der Waals surface area contributed by atoms with Crippen LogP contribution in [0.4, 0.5) is 0 Å². The molecule has 0 unspecified atom stereocenters. The summed E-state index contributed by atoms with van der Waals surface area (Å²) in [7, 11) is 0. The molecule has 0 amide bonds. The Bertz CT molecular complexity index is 146. The van der Waals surface area contributed by atoms with Crippen molar-refractivity contribution in [2.24, 2.45) is 0 Å². The number of hydrogen-bond acceptors (Lipinski definition) is 0. The van der Waals surface area contributed by atoms with E-state index in [1.54, 1.807) is 0 Å². The summed E-state index contributed by atoms with van der Waals surface area (Å²) in [5.74, 6) is 0. The lowest BCUT2D eigenvalue weighted by molar-refractivity contribution is 1.48. The molecule has 0 N–H and O–H groups in total. The van der Waals surface area contributed by atoms with Crippen LogP contribution < -0.4 is 0 Å². The molecule has 1 aromatic carbocycles. The molecule has 1 aromatic rings. The molecule has 0 saturated carbocycles. The highest BCUT2D eigenvalue weighted by atomic mass is 35.5. The van der Waals surface area contributed by atoms with Crippen LogP contribution in [0.25, 0.3) is 0 Å². The first-order valence-corrected chi connectivity index (χ1v) is 2.89. The number of aryl methyl sites for hydroxylation is 1. The lowest BCUT2D eigenvalue weighted by Crippen LogP contribution is -1.66. The molecule has 0 fully saturated rings. The summed E-state index contributed by atoms with van der Waals surface area (Å²) in [6.45, 7) is 2.04. The van der Waals surface area contributed by atoms with Gasteiger partial charge in [-0.15, -0.1) is 12.4 Å². The minimum Gasteiger partial charge on any atom is -0.147 e. The van der Waals surface area contributed by atoms with Gasteiger partial charge in [0.15, 0.2) is 0 Å². The Balaban J connectivity index is 0.000000640. The van der Waals surface area contributed by atoms with Crippen LogP contribution in [0.3, 0.4) is 0 Å². The topological polar surface area (TPSA) is 0 Å². The summed E-state index contributed by atoms with van der Waals surface area (Å²) in [5, 5.41) is 0.801. The third-order valence-corrected chi connectivity index (χ3v) is 1.26. The molecule has 9 heavy (non-hydrogen) atoms. The Morgan fingerprint density at radius 2 is 1.56 bits per heavy atom. The molecule has 0 aliphatic rings. The molecule has 0 nitrogen and oxygen atoms in total. The van der Waals surface area contributed by atoms with Gasteiger partial charge in [-0.2, -0.15) is 0 Å². The zero-order valence-electron chi connectivity index (χ0n) is 5.10. The third-order valence-electron chi connectivity index (χ3n) is 1.01. The van der Waals surface area contributed by atoms with Gasteiger partial charge in [0.05, 0.1) is 0 Å². The molecule has 0 aliphatic carbocycles. The second-order valence-electron chi connectivity index (χ2n) is 1.80. The van der Waals surface area contributed by atoms with Crippen LogP contribution in [0.1, 0.15) is 5.56 Å². The summed E-state index contributed by atoms with van der Waals surface area (Å²) in [4.78, 5) is 0. The Morgan fingerprint density at radius 3 is 1.89 bits per heavy atom. The van der Waals surface area contributed by atoms with E-state index in [0.29, 0.717) is 0 Å². The van der Waals surface area contributed by atoms with Crippen molar-refractivity contribution in [2.45, 2.75) is 6.92 Å². The second kappa shape index (κ2) is 3.76. The van der Waals surface area contributed by atoms with E-state index in [1.165, 1.54) is 5.56 Å². The van der Waals surface area contributed by atoms with Crippen LogP contribution in [0.2, 0.25) is 5.02 Å². The summed E-state index contributed by atoms with van der Waals surface area (Å²) >= 11 is 5.61. The molecule has 0 bridgehead atoms. The highest BCUT2D eigenvalue weighted by Gasteiger charge is 1.81. The van der Waals surface area contributed by atoms with Gasteiger partial charge in [0.2, 0.25) is 0 Å². The normalized spacial score (nSPS) is 8.22. The van der Waals surface area contributed by atoms with E-state index in [0.717, 1.165) is 5.02 Å². The minimum atomic E-state index is 0. The summed E-state index contributed by atoms with van der Waals surface area (Å²) in [6, 6.07) is 7.75. The van der Waals surface area contributed by atoms with E-state index in [1.807, 2.05) is 31.2 Å². The molecule has 0 heterocycles. The first-order valence-electron chi connectivity index (χ1n) is 2.51. The second-order valence-corrected chi connectivity index (χ2v) is 2.23. The Morgan fingerprint density at radius 1 is 1.11 bits per heavy atom. The van der Waals surface area contributed by atoms with Gasteiger partial charge in [0.1, 0.15) is 0 Å². The average molecular weight is 163 g/mol. The van der Waals surface area contributed by atoms with Crippen LogP contribution in [-0.4, -0.2) is 0 Å². The fraction of sp³-hybridized carbons (Fsp3) is 0.143. The molecule has 0 atom stereocenters. The van der Waals surface area contributed by atoms with E-state index in [2.05, 4.69) is 0 Å². The van der Waals surface area contributed by atoms with Crippen molar-refractivity contribution in [3.05, 3.63) is 34.9 Å². The third kappa shape index (κ3) is 2.73. The number of rotatable bonds is 0. The largest absolute Gasteiger partial charge is 0.147 e. The summed E-state index contributed by atoms with van der Waals surface area (Å²) in [6.07, 6.45) is 0. The molecular weight excluding hydrogens is 155 g/mol. The lowest BCUT2D eigenvalue weighted by Gasteiger charge is -1.88.